The zero-order valence-corrected chi connectivity index (χ0v) is 22.0. The highest BCUT2D eigenvalue weighted by Gasteiger charge is 2.31. The number of halogens is 1. The molecule has 1 aliphatic carbocycles. The molecule has 10 heteroatoms. The van der Waals surface area contributed by atoms with Gasteiger partial charge >= 0.3 is 6.09 Å². The van der Waals surface area contributed by atoms with E-state index in [1.165, 1.54) is 4.90 Å². The van der Waals surface area contributed by atoms with E-state index in [2.05, 4.69) is 31.1 Å². The van der Waals surface area contributed by atoms with Crippen molar-refractivity contribution in [1.82, 2.24) is 20.1 Å². The lowest BCUT2D eigenvalue weighted by Gasteiger charge is -2.33. The molecule has 0 bridgehead atoms. The van der Waals surface area contributed by atoms with Gasteiger partial charge in [-0.05, 0) is 87.2 Å². The summed E-state index contributed by atoms with van der Waals surface area (Å²) in [7, 11) is 0. The third-order valence-electron chi connectivity index (χ3n) is 6.05. The number of carbonyl (C=O) groups is 2. The average Bonchev–Trinajstić information content (AvgIpc) is 3.43. The van der Waals surface area contributed by atoms with Crippen molar-refractivity contribution < 1.29 is 23.8 Å². The fraction of sp³-hybridized carbons (Fsp3) is 0.440. The van der Waals surface area contributed by atoms with E-state index < -0.39 is 11.6 Å². The highest BCUT2D eigenvalue weighted by molar-refractivity contribution is 9.10. The lowest BCUT2D eigenvalue weighted by Crippen LogP contribution is -2.46. The topological polar surface area (TPSA) is 122 Å². The predicted octanol–water partition coefficient (Wildman–Crippen LogP) is 5.71. The number of carbonyl (C=O) groups excluding carboxylic acids is 1. The minimum Gasteiger partial charge on any atom is -0.491 e. The number of carboxylic acid groups (broad SMARTS) is 1. The number of hydrogen-bond donors (Lipinski definition) is 2. The van der Waals surface area contributed by atoms with Gasteiger partial charge in [-0.25, -0.2) is 4.79 Å². The number of amides is 1. The van der Waals surface area contributed by atoms with Crippen LogP contribution in [-0.4, -0.2) is 55.8 Å². The summed E-state index contributed by atoms with van der Waals surface area (Å²) in [6.45, 7) is 9.60. The molecule has 0 aliphatic heterocycles. The first kappa shape index (κ1) is 25.0. The molecule has 9 nitrogen and oxygen atoms in total. The van der Waals surface area contributed by atoms with Crippen molar-refractivity contribution in [3.8, 4) is 17.3 Å². The minimum atomic E-state index is -0.998. The van der Waals surface area contributed by atoms with Crippen LogP contribution in [0.3, 0.4) is 0 Å². The fourth-order valence-electron chi connectivity index (χ4n) is 4.00. The molecule has 1 aromatic carbocycles. The molecular weight excluding hydrogens is 516 g/mol. The molecule has 0 unspecified atom stereocenters. The number of ether oxygens (including phenoxy) is 1. The maximum atomic E-state index is 13.4. The number of aromatic nitrogens is 3. The van der Waals surface area contributed by atoms with Gasteiger partial charge in [-0.1, -0.05) is 0 Å². The molecule has 0 saturated heterocycles. The van der Waals surface area contributed by atoms with Gasteiger partial charge in [-0.2, -0.15) is 0 Å². The number of H-pyrrole nitrogens is 1. The van der Waals surface area contributed by atoms with E-state index in [1.54, 1.807) is 18.2 Å². The van der Waals surface area contributed by atoms with Gasteiger partial charge in [0.1, 0.15) is 18.1 Å². The molecule has 2 aromatic heterocycles. The summed E-state index contributed by atoms with van der Waals surface area (Å²) in [5, 5.41) is 17.7. The van der Waals surface area contributed by atoms with Crippen LogP contribution in [0.25, 0.3) is 11.6 Å². The number of hydrogen-bond acceptors (Lipinski definition) is 6. The normalized spacial score (nSPS) is 13.7. The van der Waals surface area contributed by atoms with Gasteiger partial charge in [0.25, 0.3) is 5.89 Å². The third kappa shape index (κ3) is 5.27. The third-order valence-corrected chi connectivity index (χ3v) is 6.67. The largest absolute Gasteiger partial charge is 0.491 e. The standard InChI is InChI=1S/C25H29BrN4O5/c1-13-19(14(2)27-20(13)23-29-28-22(35-23)15-6-7-15)21(31)16-8-9-18(17(26)12-16)34-11-10-30(24(32)33)25(3,4)5/h8-9,12,15,27H,6-7,10-11H2,1-5H3,(H,32,33). The van der Waals surface area contributed by atoms with Crippen molar-refractivity contribution in [3.05, 3.63) is 50.9 Å². The van der Waals surface area contributed by atoms with Gasteiger partial charge in [-0.3, -0.25) is 4.79 Å². The number of aromatic amines is 1. The van der Waals surface area contributed by atoms with Gasteiger partial charge in [0.2, 0.25) is 5.89 Å². The van der Waals surface area contributed by atoms with E-state index in [-0.39, 0.29) is 18.9 Å². The zero-order valence-electron chi connectivity index (χ0n) is 20.4. The summed E-state index contributed by atoms with van der Waals surface area (Å²) in [4.78, 5) is 29.4. The Morgan fingerprint density at radius 2 is 1.97 bits per heavy atom. The Labute approximate surface area is 212 Å². The SMILES string of the molecule is Cc1[nH]c(-c2nnc(C3CC3)o2)c(C)c1C(=O)c1ccc(OCCN(C(=O)O)C(C)(C)C)c(Br)c1. The minimum absolute atomic E-state index is 0.138. The van der Waals surface area contributed by atoms with E-state index in [9.17, 15) is 14.7 Å². The maximum absolute atomic E-state index is 13.4. The second-order valence-corrected chi connectivity index (χ2v) is 10.6. The number of nitrogens with one attached hydrogen (secondary N) is 1. The zero-order chi connectivity index (χ0) is 25.5. The lowest BCUT2D eigenvalue weighted by molar-refractivity contribution is 0.0890. The quantitative estimate of drug-likeness (QED) is 0.348. The van der Waals surface area contributed by atoms with Crippen LogP contribution in [-0.2, 0) is 0 Å². The van der Waals surface area contributed by atoms with Crippen LogP contribution in [0.5, 0.6) is 5.75 Å². The molecule has 1 saturated carbocycles. The summed E-state index contributed by atoms with van der Waals surface area (Å²) in [5.41, 5.74) is 2.66. The monoisotopic (exact) mass is 544 g/mol. The second-order valence-electron chi connectivity index (χ2n) is 9.77. The molecule has 2 heterocycles. The van der Waals surface area contributed by atoms with Gasteiger partial charge in [0.15, 0.2) is 5.78 Å². The molecular formula is C25H29BrN4O5. The van der Waals surface area contributed by atoms with Crippen molar-refractivity contribution in [2.75, 3.05) is 13.2 Å². The van der Waals surface area contributed by atoms with Crippen molar-refractivity contribution >= 4 is 27.8 Å². The highest BCUT2D eigenvalue weighted by atomic mass is 79.9. The van der Waals surface area contributed by atoms with Gasteiger partial charge in [0, 0.05) is 28.3 Å². The Hall–Kier alpha value is -3.14. The Balaban J connectivity index is 1.49. The molecule has 0 radical (unpaired) electrons. The maximum Gasteiger partial charge on any atom is 0.407 e. The van der Waals surface area contributed by atoms with E-state index >= 15 is 0 Å². The average molecular weight is 545 g/mol. The number of benzene rings is 1. The van der Waals surface area contributed by atoms with Crippen LogP contribution in [0, 0.1) is 13.8 Å². The molecule has 3 aromatic rings. The highest BCUT2D eigenvalue weighted by Crippen LogP contribution is 2.40. The second kappa shape index (κ2) is 9.49. The summed E-state index contributed by atoms with van der Waals surface area (Å²) < 4.78 is 12.2. The summed E-state index contributed by atoms with van der Waals surface area (Å²) in [5.74, 6) is 1.78. The molecule has 0 spiro atoms. The fourth-order valence-corrected chi connectivity index (χ4v) is 4.50. The first-order valence-electron chi connectivity index (χ1n) is 11.5. The van der Waals surface area contributed by atoms with E-state index in [4.69, 9.17) is 9.15 Å². The number of nitrogens with zero attached hydrogens (tertiary/aromatic N) is 3. The Morgan fingerprint density at radius 1 is 1.26 bits per heavy atom. The summed E-state index contributed by atoms with van der Waals surface area (Å²) in [6, 6.07) is 5.11. The van der Waals surface area contributed by atoms with Crippen LogP contribution in [0.2, 0.25) is 0 Å². The van der Waals surface area contributed by atoms with E-state index in [1.807, 2.05) is 34.6 Å². The lowest BCUT2D eigenvalue weighted by atomic mass is 9.99. The molecule has 2 N–H and O–H groups in total. The van der Waals surface area contributed by atoms with Crippen LogP contribution in [0.1, 0.15) is 72.6 Å². The Morgan fingerprint density at radius 3 is 2.57 bits per heavy atom. The molecule has 186 valence electrons. The first-order valence-corrected chi connectivity index (χ1v) is 12.3. The van der Waals surface area contributed by atoms with Crippen molar-refractivity contribution in [2.45, 2.75) is 58.9 Å². The van der Waals surface area contributed by atoms with Gasteiger partial charge in [0.05, 0.1) is 11.0 Å². The molecule has 4 rings (SSSR count). The number of ketones is 1. The van der Waals surface area contributed by atoms with Crippen molar-refractivity contribution in [2.24, 2.45) is 0 Å². The Kier molecular flexibility index (Phi) is 6.77. The summed E-state index contributed by atoms with van der Waals surface area (Å²) >= 11 is 3.48. The number of rotatable bonds is 8. The van der Waals surface area contributed by atoms with Gasteiger partial charge < -0.3 is 24.1 Å². The summed E-state index contributed by atoms with van der Waals surface area (Å²) in [6.07, 6.45) is 1.13. The van der Waals surface area contributed by atoms with Crippen molar-refractivity contribution in [1.29, 1.82) is 0 Å². The van der Waals surface area contributed by atoms with Crippen molar-refractivity contribution in [3.63, 3.8) is 0 Å². The van der Waals surface area contributed by atoms with Crippen LogP contribution < -0.4 is 4.74 Å². The van der Waals surface area contributed by atoms with Crippen LogP contribution in [0.4, 0.5) is 4.79 Å². The van der Waals surface area contributed by atoms with E-state index in [0.29, 0.717) is 44.7 Å². The van der Waals surface area contributed by atoms with E-state index in [0.717, 1.165) is 24.1 Å². The number of aryl methyl sites for hydroxylation is 1. The Bertz CT molecular complexity index is 1270. The molecule has 1 aliphatic rings. The molecule has 1 fully saturated rings. The van der Waals surface area contributed by atoms with Crippen LogP contribution >= 0.6 is 15.9 Å². The van der Waals surface area contributed by atoms with Crippen LogP contribution in [0.15, 0.2) is 27.1 Å². The molecule has 35 heavy (non-hydrogen) atoms. The smallest absolute Gasteiger partial charge is 0.407 e. The predicted molar refractivity (Wildman–Crippen MR) is 133 cm³/mol. The van der Waals surface area contributed by atoms with Gasteiger partial charge in [-0.15, -0.1) is 10.2 Å². The first-order chi connectivity index (χ1) is 16.5. The molecule has 1 amide bonds. The molecule has 0 atom stereocenters.